The SMILES string of the molecule is Cc1cc(C(C)(C)c2ccccc2)cc(N)c1-c1c(C)cc(C(C)(C)c2ccccc2)cc1N. The summed E-state index contributed by atoms with van der Waals surface area (Å²) >= 11 is 0. The number of benzene rings is 4. The van der Waals surface area contributed by atoms with Crippen molar-refractivity contribution >= 4 is 11.4 Å². The van der Waals surface area contributed by atoms with Gasteiger partial charge in [-0.05, 0) is 59.4 Å². The van der Waals surface area contributed by atoms with Crippen LogP contribution in [0.15, 0.2) is 84.9 Å². The fraction of sp³-hybridized carbons (Fsp3) is 0.250. The average Bonchev–Trinajstić information content (AvgIpc) is 2.81. The first kappa shape index (κ1) is 23.6. The number of nitrogens with two attached hydrogens (primary N) is 2. The molecule has 0 aliphatic carbocycles. The number of nitrogen functional groups attached to an aromatic ring is 2. The lowest BCUT2D eigenvalue weighted by molar-refractivity contribution is 0.640. The highest BCUT2D eigenvalue weighted by Crippen LogP contribution is 2.43. The van der Waals surface area contributed by atoms with E-state index in [1.165, 1.54) is 22.3 Å². The van der Waals surface area contributed by atoms with Crippen molar-refractivity contribution in [2.24, 2.45) is 0 Å². The molecule has 2 heteroatoms. The van der Waals surface area contributed by atoms with Crippen LogP contribution < -0.4 is 11.5 Å². The molecule has 0 unspecified atom stereocenters. The zero-order valence-electron chi connectivity index (χ0n) is 21.2. The third-order valence-corrected chi connectivity index (χ3v) is 7.42. The Morgan fingerprint density at radius 2 is 0.794 bits per heavy atom. The van der Waals surface area contributed by atoms with Gasteiger partial charge >= 0.3 is 0 Å². The Hall–Kier alpha value is -3.52. The van der Waals surface area contributed by atoms with Crippen molar-refractivity contribution in [3.05, 3.63) is 118 Å². The van der Waals surface area contributed by atoms with Gasteiger partial charge in [-0.25, -0.2) is 0 Å². The van der Waals surface area contributed by atoms with Crippen LogP contribution in [0.5, 0.6) is 0 Å². The average molecular weight is 449 g/mol. The first-order valence-electron chi connectivity index (χ1n) is 12.0. The summed E-state index contributed by atoms with van der Waals surface area (Å²) in [6.45, 7) is 13.3. The quantitative estimate of drug-likeness (QED) is 0.306. The second-order valence-electron chi connectivity index (χ2n) is 10.5. The highest BCUT2D eigenvalue weighted by molar-refractivity contribution is 5.89. The summed E-state index contributed by atoms with van der Waals surface area (Å²) < 4.78 is 0. The fourth-order valence-electron chi connectivity index (χ4n) is 5.08. The van der Waals surface area contributed by atoms with E-state index in [-0.39, 0.29) is 10.8 Å². The van der Waals surface area contributed by atoms with Gasteiger partial charge in [0.1, 0.15) is 0 Å². The van der Waals surface area contributed by atoms with Crippen molar-refractivity contribution in [2.75, 3.05) is 11.5 Å². The van der Waals surface area contributed by atoms with Gasteiger partial charge in [0.15, 0.2) is 0 Å². The lowest BCUT2D eigenvalue weighted by Crippen LogP contribution is -2.20. The number of rotatable bonds is 5. The van der Waals surface area contributed by atoms with Gasteiger partial charge in [-0.2, -0.15) is 0 Å². The van der Waals surface area contributed by atoms with Crippen LogP contribution in [0.2, 0.25) is 0 Å². The molecule has 34 heavy (non-hydrogen) atoms. The summed E-state index contributed by atoms with van der Waals surface area (Å²) in [4.78, 5) is 0. The monoisotopic (exact) mass is 448 g/mol. The van der Waals surface area contributed by atoms with Crippen molar-refractivity contribution in [3.8, 4) is 11.1 Å². The zero-order chi connectivity index (χ0) is 24.7. The molecular weight excluding hydrogens is 412 g/mol. The Bertz CT molecular complexity index is 1160. The maximum Gasteiger partial charge on any atom is 0.0400 e. The van der Waals surface area contributed by atoms with Crippen molar-refractivity contribution in [3.63, 3.8) is 0 Å². The van der Waals surface area contributed by atoms with E-state index < -0.39 is 0 Å². The predicted octanol–water partition coefficient (Wildman–Crippen LogP) is 7.79. The van der Waals surface area contributed by atoms with Gasteiger partial charge in [0, 0.05) is 33.3 Å². The van der Waals surface area contributed by atoms with Gasteiger partial charge in [0.25, 0.3) is 0 Å². The highest BCUT2D eigenvalue weighted by atomic mass is 14.6. The minimum Gasteiger partial charge on any atom is -0.398 e. The van der Waals surface area contributed by atoms with Crippen LogP contribution in [-0.2, 0) is 10.8 Å². The first-order chi connectivity index (χ1) is 16.0. The summed E-state index contributed by atoms with van der Waals surface area (Å²) in [5, 5.41) is 0. The molecule has 0 spiro atoms. The molecule has 0 atom stereocenters. The van der Waals surface area contributed by atoms with Crippen LogP contribution >= 0.6 is 0 Å². The summed E-state index contributed by atoms with van der Waals surface area (Å²) in [6.07, 6.45) is 0. The molecule has 0 saturated carbocycles. The summed E-state index contributed by atoms with van der Waals surface area (Å²) in [5.74, 6) is 0. The minimum absolute atomic E-state index is 0.150. The van der Waals surface area contributed by atoms with Crippen LogP contribution in [0.3, 0.4) is 0 Å². The van der Waals surface area contributed by atoms with Crippen LogP contribution in [-0.4, -0.2) is 0 Å². The molecular formula is C32H36N2. The topological polar surface area (TPSA) is 52.0 Å². The van der Waals surface area contributed by atoms with Crippen molar-refractivity contribution < 1.29 is 0 Å². The van der Waals surface area contributed by atoms with Crippen LogP contribution in [0, 0.1) is 13.8 Å². The molecule has 174 valence electrons. The molecule has 0 aromatic heterocycles. The first-order valence-corrected chi connectivity index (χ1v) is 12.0. The second-order valence-corrected chi connectivity index (χ2v) is 10.5. The predicted molar refractivity (Wildman–Crippen MR) is 147 cm³/mol. The van der Waals surface area contributed by atoms with Gasteiger partial charge < -0.3 is 11.5 Å². The molecule has 0 aliphatic heterocycles. The zero-order valence-corrected chi connectivity index (χ0v) is 21.2. The number of hydrogen-bond donors (Lipinski definition) is 2. The third-order valence-electron chi connectivity index (χ3n) is 7.42. The molecule has 2 nitrogen and oxygen atoms in total. The summed E-state index contributed by atoms with van der Waals surface area (Å²) in [5.41, 5.74) is 24.0. The molecule has 4 aromatic carbocycles. The van der Waals surface area contributed by atoms with Gasteiger partial charge in [0.05, 0.1) is 0 Å². The summed E-state index contributed by atoms with van der Waals surface area (Å²) in [6, 6.07) is 29.9. The largest absolute Gasteiger partial charge is 0.398 e. The normalized spacial score (nSPS) is 12.1. The van der Waals surface area contributed by atoms with Crippen molar-refractivity contribution in [1.29, 1.82) is 0 Å². The van der Waals surface area contributed by atoms with Gasteiger partial charge in [0.2, 0.25) is 0 Å². The van der Waals surface area contributed by atoms with Crippen LogP contribution in [0.1, 0.15) is 61.1 Å². The molecule has 4 N–H and O–H groups in total. The van der Waals surface area contributed by atoms with E-state index in [4.69, 9.17) is 11.5 Å². The van der Waals surface area contributed by atoms with Gasteiger partial charge in [-0.1, -0.05) is 100 Å². The number of hydrogen-bond acceptors (Lipinski definition) is 2. The van der Waals surface area contributed by atoms with Gasteiger partial charge in [-0.3, -0.25) is 0 Å². The van der Waals surface area contributed by atoms with Crippen LogP contribution in [0.25, 0.3) is 11.1 Å². The number of anilines is 2. The van der Waals surface area contributed by atoms with E-state index in [0.29, 0.717) is 0 Å². The lowest BCUT2D eigenvalue weighted by atomic mass is 9.75. The molecule has 4 rings (SSSR count). The minimum atomic E-state index is -0.150. The Balaban J connectivity index is 1.80. The van der Waals surface area contributed by atoms with Gasteiger partial charge in [-0.15, -0.1) is 0 Å². The fourth-order valence-corrected chi connectivity index (χ4v) is 5.08. The molecule has 0 heterocycles. The van der Waals surface area contributed by atoms with Crippen LogP contribution in [0.4, 0.5) is 11.4 Å². The van der Waals surface area contributed by atoms with E-state index in [1.54, 1.807) is 0 Å². The Labute approximate surface area is 204 Å². The Kier molecular flexibility index (Phi) is 6.03. The Morgan fingerprint density at radius 3 is 1.09 bits per heavy atom. The van der Waals surface area contributed by atoms with E-state index in [9.17, 15) is 0 Å². The maximum atomic E-state index is 6.73. The molecule has 4 aromatic rings. The molecule has 0 fully saturated rings. The standard InChI is InChI=1S/C32H36N2/c1-21-17-25(31(3,4)23-13-9-7-10-14-23)19-27(33)29(21)30-22(2)18-26(20-28(30)34)32(5,6)24-15-11-8-12-16-24/h7-20H,33-34H2,1-6H3. The van der Waals surface area contributed by atoms with Crippen molar-refractivity contribution in [2.45, 2.75) is 52.4 Å². The molecule has 0 radical (unpaired) electrons. The molecule has 0 saturated heterocycles. The summed E-state index contributed by atoms with van der Waals surface area (Å²) in [7, 11) is 0. The van der Waals surface area contributed by atoms with Crippen molar-refractivity contribution in [1.82, 2.24) is 0 Å². The second kappa shape index (κ2) is 8.68. The number of aryl methyl sites for hydroxylation is 2. The molecule has 0 bridgehead atoms. The molecule has 0 aliphatic rings. The maximum absolute atomic E-state index is 6.73. The third kappa shape index (κ3) is 4.09. The smallest absolute Gasteiger partial charge is 0.0400 e. The Morgan fingerprint density at radius 1 is 0.471 bits per heavy atom. The van der Waals surface area contributed by atoms with E-state index >= 15 is 0 Å². The van der Waals surface area contributed by atoms with E-state index in [1.807, 2.05) is 0 Å². The van der Waals surface area contributed by atoms with E-state index in [0.717, 1.165) is 33.6 Å². The molecule has 0 amide bonds. The van der Waals surface area contributed by atoms with E-state index in [2.05, 4.69) is 126 Å². The lowest BCUT2D eigenvalue weighted by Gasteiger charge is -2.29. The highest BCUT2D eigenvalue weighted by Gasteiger charge is 2.27.